The van der Waals surface area contributed by atoms with E-state index in [1.54, 1.807) is 18.4 Å². The van der Waals surface area contributed by atoms with Gasteiger partial charge in [-0.05, 0) is 38.6 Å². The summed E-state index contributed by atoms with van der Waals surface area (Å²) in [5.41, 5.74) is 1.09. The number of thiazole rings is 1. The number of methoxy groups -OCH3 is 1. The van der Waals surface area contributed by atoms with Gasteiger partial charge in [0, 0.05) is 31.6 Å². The quantitative estimate of drug-likeness (QED) is 0.711. The molecule has 1 aromatic rings. The van der Waals surface area contributed by atoms with Crippen molar-refractivity contribution in [2.24, 2.45) is 5.92 Å². The molecular formula is C15H27N3OS. The first-order chi connectivity index (χ1) is 9.67. The van der Waals surface area contributed by atoms with Crippen molar-refractivity contribution < 1.29 is 4.74 Å². The Balaban J connectivity index is 2.06. The molecule has 5 heteroatoms. The molecule has 0 aromatic carbocycles. The Morgan fingerprint density at radius 1 is 1.50 bits per heavy atom. The van der Waals surface area contributed by atoms with E-state index in [2.05, 4.69) is 31.1 Å². The molecule has 1 fully saturated rings. The standard InChI is InChI=1S/C15H27N3OS/c1-5-8-16-9-14-13(10-19-4)17-15(20-14)18(3)11(2)12-6-7-12/h11-12,16H,5-10H2,1-4H3. The number of hydrogen-bond acceptors (Lipinski definition) is 5. The summed E-state index contributed by atoms with van der Waals surface area (Å²) in [6.45, 7) is 7.05. The molecule has 1 unspecified atom stereocenters. The summed E-state index contributed by atoms with van der Waals surface area (Å²) in [6.07, 6.45) is 3.89. The van der Waals surface area contributed by atoms with E-state index in [0.717, 1.165) is 36.3 Å². The second-order valence-corrected chi connectivity index (χ2v) is 6.73. The monoisotopic (exact) mass is 297 g/mol. The molecule has 1 heterocycles. The van der Waals surface area contributed by atoms with Crippen LogP contribution < -0.4 is 10.2 Å². The molecule has 0 bridgehead atoms. The maximum atomic E-state index is 5.29. The Morgan fingerprint density at radius 3 is 2.85 bits per heavy atom. The Bertz CT molecular complexity index is 417. The van der Waals surface area contributed by atoms with E-state index in [1.165, 1.54) is 17.7 Å². The van der Waals surface area contributed by atoms with E-state index in [9.17, 15) is 0 Å². The van der Waals surface area contributed by atoms with E-state index in [0.29, 0.717) is 12.6 Å². The third-order valence-corrected chi connectivity index (χ3v) is 5.17. The highest BCUT2D eigenvalue weighted by atomic mass is 32.1. The molecule has 0 spiro atoms. The van der Waals surface area contributed by atoms with Gasteiger partial charge in [-0.25, -0.2) is 4.98 Å². The predicted octanol–water partition coefficient (Wildman–Crippen LogP) is 3.02. The third-order valence-electron chi connectivity index (χ3n) is 3.98. The Hall–Kier alpha value is -0.650. The van der Waals surface area contributed by atoms with Crippen LogP contribution in [0.25, 0.3) is 0 Å². The Labute approximate surface area is 126 Å². The Kier molecular flexibility index (Phi) is 5.81. The largest absolute Gasteiger partial charge is 0.378 e. The lowest BCUT2D eigenvalue weighted by Gasteiger charge is -2.23. The fourth-order valence-corrected chi connectivity index (χ4v) is 3.44. The molecule has 0 radical (unpaired) electrons. The van der Waals surface area contributed by atoms with Crippen LogP contribution >= 0.6 is 11.3 Å². The van der Waals surface area contributed by atoms with Gasteiger partial charge >= 0.3 is 0 Å². The molecule has 4 nitrogen and oxygen atoms in total. The average Bonchev–Trinajstić information content (AvgIpc) is 3.21. The summed E-state index contributed by atoms with van der Waals surface area (Å²) in [4.78, 5) is 8.44. The molecule has 1 aliphatic rings. The van der Waals surface area contributed by atoms with Crippen molar-refractivity contribution in [3.63, 3.8) is 0 Å². The molecule has 114 valence electrons. The van der Waals surface area contributed by atoms with Crippen molar-refractivity contribution in [1.82, 2.24) is 10.3 Å². The molecule has 0 saturated heterocycles. The van der Waals surface area contributed by atoms with Gasteiger partial charge in [0.05, 0.1) is 12.3 Å². The molecule has 1 saturated carbocycles. The summed E-state index contributed by atoms with van der Waals surface area (Å²) >= 11 is 1.80. The molecule has 1 N–H and O–H groups in total. The van der Waals surface area contributed by atoms with Crippen LogP contribution in [0, 0.1) is 5.92 Å². The molecule has 0 aliphatic heterocycles. The van der Waals surface area contributed by atoms with Gasteiger partial charge in [0.25, 0.3) is 0 Å². The van der Waals surface area contributed by atoms with Gasteiger partial charge in [0.2, 0.25) is 0 Å². The normalized spacial score (nSPS) is 16.4. The third kappa shape index (κ3) is 3.93. The van der Waals surface area contributed by atoms with Gasteiger partial charge in [-0.3, -0.25) is 0 Å². The minimum atomic E-state index is 0.591. The van der Waals surface area contributed by atoms with Crippen LogP contribution in [0.1, 0.15) is 43.7 Å². The van der Waals surface area contributed by atoms with E-state index in [-0.39, 0.29) is 0 Å². The number of ether oxygens (including phenoxy) is 1. The number of nitrogens with one attached hydrogen (secondary N) is 1. The van der Waals surface area contributed by atoms with Crippen molar-refractivity contribution in [1.29, 1.82) is 0 Å². The van der Waals surface area contributed by atoms with Crippen molar-refractivity contribution in [2.75, 3.05) is 25.6 Å². The minimum absolute atomic E-state index is 0.591. The SMILES string of the molecule is CCCNCc1sc(N(C)C(C)C2CC2)nc1COC. The Morgan fingerprint density at radius 2 is 2.25 bits per heavy atom. The summed E-state index contributed by atoms with van der Waals surface area (Å²) in [5.74, 6) is 0.858. The lowest BCUT2D eigenvalue weighted by Crippen LogP contribution is -2.30. The van der Waals surface area contributed by atoms with E-state index < -0.39 is 0 Å². The van der Waals surface area contributed by atoms with Crippen LogP contribution in [-0.2, 0) is 17.9 Å². The van der Waals surface area contributed by atoms with Gasteiger partial charge in [-0.2, -0.15) is 0 Å². The first-order valence-corrected chi connectivity index (χ1v) is 8.40. The van der Waals surface area contributed by atoms with Crippen LogP contribution in [0.15, 0.2) is 0 Å². The molecule has 1 atom stereocenters. The van der Waals surface area contributed by atoms with Crippen LogP contribution in [0.2, 0.25) is 0 Å². The van der Waals surface area contributed by atoms with Gasteiger partial charge < -0.3 is 15.0 Å². The highest BCUT2D eigenvalue weighted by Crippen LogP contribution is 2.37. The number of anilines is 1. The highest BCUT2D eigenvalue weighted by molar-refractivity contribution is 7.15. The molecule has 20 heavy (non-hydrogen) atoms. The van der Waals surface area contributed by atoms with Gasteiger partial charge in [-0.1, -0.05) is 6.92 Å². The molecule has 0 amide bonds. The van der Waals surface area contributed by atoms with E-state index >= 15 is 0 Å². The zero-order chi connectivity index (χ0) is 14.5. The van der Waals surface area contributed by atoms with Gasteiger partial charge in [-0.15, -0.1) is 11.3 Å². The van der Waals surface area contributed by atoms with Crippen molar-refractivity contribution in [3.8, 4) is 0 Å². The van der Waals surface area contributed by atoms with E-state index in [4.69, 9.17) is 9.72 Å². The number of hydrogen-bond donors (Lipinski definition) is 1. The van der Waals surface area contributed by atoms with Crippen molar-refractivity contribution >= 4 is 16.5 Å². The molecule has 1 aliphatic carbocycles. The lowest BCUT2D eigenvalue weighted by molar-refractivity contribution is 0.181. The smallest absolute Gasteiger partial charge is 0.185 e. The highest BCUT2D eigenvalue weighted by Gasteiger charge is 2.31. The minimum Gasteiger partial charge on any atom is -0.378 e. The summed E-state index contributed by atoms with van der Waals surface area (Å²) in [5, 5.41) is 4.59. The average molecular weight is 297 g/mol. The first-order valence-electron chi connectivity index (χ1n) is 7.58. The van der Waals surface area contributed by atoms with Crippen LogP contribution in [-0.4, -0.2) is 31.7 Å². The number of aromatic nitrogens is 1. The fraction of sp³-hybridized carbons (Fsp3) is 0.800. The fourth-order valence-electron chi connectivity index (χ4n) is 2.36. The second-order valence-electron chi connectivity index (χ2n) is 5.67. The van der Waals surface area contributed by atoms with E-state index in [1.807, 2.05) is 0 Å². The molecule has 1 aromatic heterocycles. The van der Waals surface area contributed by atoms with Crippen LogP contribution in [0.3, 0.4) is 0 Å². The van der Waals surface area contributed by atoms with Crippen LogP contribution in [0.4, 0.5) is 5.13 Å². The number of nitrogens with zero attached hydrogens (tertiary/aromatic N) is 2. The second kappa shape index (κ2) is 7.38. The first kappa shape index (κ1) is 15.7. The molecular weight excluding hydrogens is 270 g/mol. The van der Waals surface area contributed by atoms with Crippen molar-refractivity contribution in [2.45, 2.75) is 52.3 Å². The zero-order valence-electron chi connectivity index (χ0n) is 13.1. The topological polar surface area (TPSA) is 37.4 Å². The van der Waals surface area contributed by atoms with Crippen molar-refractivity contribution in [3.05, 3.63) is 10.6 Å². The summed E-state index contributed by atoms with van der Waals surface area (Å²) in [7, 11) is 3.90. The maximum Gasteiger partial charge on any atom is 0.185 e. The predicted molar refractivity (Wildman–Crippen MR) is 85.4 cm³/mol. The molecule has 2 rings (SSSR count). The van der Waals surface area contributed by atoms with Gasteiger partial charge in [0.15, 0.2) is 5.13 Å². The maximum absolute atomic E-state index is 5.29. The van der Waals surface area contributed by atoms with Gasteiger partial charge in [0.1, 0.15) is 0 Å². The number of rotatable bonds is 9. The van der Waals surface area contributed by atoms with Crippen LogP contribution in [0.5, 0.6) is 0 Å². The summed E-state index contributed by atoms with van der Waals surface area (Å²) in [6, 6.07) is 0.591. The zero-order valence-corrected chi connectivity index (χ0v) is 13.9. The summed E-state index contributed by atoms with van der Waals surface area (Å²) < 4.78 is 5.29. The lowest BCUT2D eigenvalue weighted by atomic mass is 10.2.